The molecule has 0 aliphatic rings. The van der Waals surface area contributed by atoms with Crippen molar-refractivity contribution >= 4 is 11.9 Å². The van der Waals surface area contributed by atoms with Gasteiger partial charge in [0.25, 0.3) is 0 Å². The maximum Gasteiger partial charge on any atom is 0.306 e. The molecule has 0 saturated carbocycles. The van der Waals surface area contributed by atoms with Gasteiger partial charge in [-0.05, 0) is 44.9 Å². The van der Waals surface area contributed by atoms with Crippen LogP contribution in [-0.2, 0) is 14.3 Å². The van der Waals surface area contributed by atoms with E-state index < -0.39 is 18.2 Å². The lowest BCUT2D eigenvalue weighted by Crippen LogP contribution is -2.46. The molecule has 1 amide bonds. The zero-order valence-electron chi connectivity index (χ0n) is 35.6. The highest BCUT2D eigenvalue weighted by molar-refractivity contribution is 5.77. The van der Waals surface area contributed by atoms with Crippen LogP contribution in [0.15, 0.2) is 48.6 Å². The van der Waals surface area contributed by atoms with E-state index in [0.717, 1.165) is 83.5 Å². The minimum absolute atomic E-state index is 0.0679. The molecule has 3 N–H and O–H groups in total. The fraction of sp³-hybridized carbons (Fsp3) is 0.792. The molecule has 0 radical (unpaired) electrons. The Morgan fingerprint density at radius 2 is 1.00 bits per heavy atom. The van der Waals surface area contributed by atoms with Crippen LogP contribution in [0.25, 0.3) is 0 Å². The Labute approximate surface area is 334 Å². The zero-order chi connectivity index (χ0) is 39.6. The largest absolute Gasteiger partial charge is 0.462 e. The smallest absolute Gasteiger partial charge is 0.306 e. The Morgan fingerprint density at radius 3 is 1.52 bits per heavy atom. The van der Waals surface area contributed by atoms with E-state index in [-0.39, 0.29) is 24.9 Å². The zero-order valence-corrected chi connectivity index (χ0v) is 35.6. The van der Waals surface area contributed by atoms with Crippen molar-refractivity contribution in [1.82, 2.24) is 5.32 Å². The van der Waals surface area contributed by atoms with Gasteiger partial charge in [0.1, 0.15) is 6.10 Å². The second-order valence-electron chi connectivity index (χ2n) is 15.5. The molecule has 54 heavy (non-hydrogen) atoms. The van der Waals surface area contributed by atoms with Crippen LogP contribution in [0.1, 0.15) is 220 Å². The number of unbranched alkanes of at least 4 members (excludes halogenated alkanes) is 23. The lowest BCUT2D eigenvalue weighted by Gasteiger charge is -2.24. The number of amides is 1. The van der Waals surface area contributed by atoms with Crippen molar-refractivity contribution in [1.29, 1.82) is 0 Å². The highest BCUT2D eigenvalue weighted by atomic mass is 16.5. The van der Waals surface area contributed by atoms with Crippen molar-refractivity contribution in [2.45, 2.75) is 238 Å². The van der Waals surface area contributed by atoms with Gasteiger partial charge in [-0.15, -0.1) is 0 Å². The van der Waals surface area contributed by atoms with E-state index in [1.165, 1.54) is 89.9 Å². The summed E-state index contributed by atoms with van der Waals surface area (Å²) in [5.41, 5.74) is 0. The standard InChI is InChI=1S/C48H87NO5/c1-4-7-10-13-16-18-20-22-23-25-27-29-32-35-38-41-48(53)54-44(39-36-33-30-15-12-9-6-3)42-47(52)49-45(43-50)46(51)40-37-34-31-28-26-24-21-19-17-14-11-8-5-2/h7,10,13,16,18,20,22-23,44-46,50-51H,4-6,8-9,11-12,14-15,17,19,21,24-43H2,1-3H3,(H,49,52)/b10-7+,16-13+,20-18+,23-22-. The first-order valence-electron chi connectivity index (χ1n) is 22.9. The number of aliphatic hydroxyl groups is 2. The molecule has 0 aliphatic heterocycles. The molecule has 0 fully saturated rings. The van der Waals surface area contributed by atoms with Gasteiger partial charge < -0.3 is 20.3 Å². The second kappa shape index (κ2) is 42.0. The third kappa shape index (κ3) is 36.8. The van der Waals surface area contributed by atoms with E-state index in [1.54, 1.807) is 0 Å². The van der Waals surface area contributed by atoms with E-state index in [0.29, 0.717) is 19.3 Å². The van der Waals surface area contributed by atoms with Crippen molar-refractivity contribution in [3.63, 3.8) is 0 Å². The third-order valence-corrected chi connectivity index (χ3v) is 10.3. The Bertz CT molecular complexity index is 941. The number of hydrogen-bond acceptors (Lipinski definition) is 5. The summed E-state index contributed by atoms with van der Waals surface area (Å²) in [6.07, 6.45) is 48.9. The Morgan fingerprint density at radius 1 is 0.556 bits per heavy atom. The van der Waals surface area contributed by atoms with Gasteiger partial charge in [-0.3, -0.25) is 9.59 Å². The third-order valence-electron chi connectivity index (χ3n) is 10.3. The number of hydrogen-bond donors (Lipinski definition) is 3. The van der Waals surface area contributed by atoms with Gasteiger partial charge in [0.2, 0.25) is 5.91 Å². The van der Waals surface area contributed by atoms with Crippen molar-refractivity contribution < 1.29 is 24.5 Å². The summed E-state index contributed by atoms with van der Waals surface area (Å²) >= 11 is 0. The molecule has 0 spiro atoms. The van der Waals surface area contributed by atoms with Crippen molar-refractivity contribution in [2.75, 3.05) is 6.61 Å². The first-order chi connectivity index (χ1) is 26.5. The summed E-state index contributed by atoms with van der Waals surface area (Å²) in [6.45, 7) is 6.30. The quantitative estimate of drug-likeness (QED) is 0.0329. The normalized spacial score (nSPS) is 13.8. The number of rotatable bonds is 40. The van der Waals surface area contributed by atoms with Gasteiger partial charge in [-0.2, -0.15) is 0 Å². The molecule has 0 bridgehead atoms. The van der Waals surface area contributed by atoms with Crippen LogP contribution in [0.5, 0.6) is 0 Å². The van der Waals surface area contributed by atoms with Gasteiger partial charge in [-0.1, -0.05) is 211 Å². The Hall–Kier alpha value is -2.18. The average molecular weight is 758 g/mol. The average Bonchev–Trinajstić information content (AvgIpc) is 3.16. The lowest BCUT2D eigenvalue weighted by molar-refractivity contribution is -0.151. The fourth-order valence-corrected chi connectivity index (χ4v) is 6.79. The van der Waals surface area contributed by atoms with E-state index >= 15 is 0 Å². The van der Waals surface area contributed by atoms with E-state index in [1.807, 2.05) is 18.2 Å². The van der Waals surface area contributed by atoms with E-state index in [9.17, 15) is 19.8 Å². The molecule has 0 rings (SSSR count). The van der Waals surface area contributed by atoms with Gasteiger partial charge >= 0.3 is 5.97 Å². The predicted molar refractivity (Wildman–Crippen MR) is 232 cm³/mol. The Balaban J connectivity index is 4.47. The maximum atomic E-state index is 13.1. The lowest BCUT2D eigenvalue weighted by atomic mass is 10.0. The monoisotopic (exact) mass is 758 g/mol. The van der Waals surface area contributed by atoms with Crippen LogP contribution in [0.3, 0.4) is 0 Å². The summed E-state index contributed by atoms with van der Waals surface area (Å²) in [5.74, 6) is -0.504. The summed E-state index contributed by atoms with van der Waals surface area (Å²) in [7, 11) is 0. The molecule has 0 saturated heterocycles. The molecule has 0 aromatic carbocycles. The molecule has 6 heteroatoms. The number of ether oxygens (including phenoxy) is 1. The number of allylic oxidation sites excluding steroid dienone is 8. The van der Waals surface area contributed by atoms with Gasteiger partial charge in [0.15, 0.2) is 0 Å². The highest BCUT2D eigenvalue weighted by Crippen LogP contribution is 2.17. The van der Waals surface area contributed by atoms with E-state index in [2.05, 4.69) is 56.5 Å². The molecule has 3 unspecified atom stereocenters. The van der Waals surface area contributed by atoms with Gasteiger partial charge in [-0.25, -0.2) is 0 Å². The summed E-state index contributed by atoms with van der Waals surface area (Å²) < 4.78 is 5.87. The summed E-state index contributed by atoms with van der Waals surface area (Å²) in [4.78, 5) is 25.9. The van der Waals surface area contributed by atoms with Crippen LogP contribution >= 0.6 is 0 Å². The highest BCUT2D eigenvalue weighted by Gasteiger charge is 2.24. The molecular weight excluding hydrogens is 671 g/mol. The number of carbonyl (C=O) groups is 2. The molecule has 0 heterocycles. The van der Waals surface area contributed by atoms with E-state index in [4.69, 9.17) is 4.74 Å². The molecular formula is C48H87NO5. The van der Waals surface area contributed by atoms with Crippen molar-refractivity contribution in [2.24, 2.45) is 0 Å². The molecule has 6 nitrogen and oxygen atoms in total. The number of esters is 1. The minimum atomic E-state index is -0.788. The molecule has 3 atom stereocenters. The second-order valence-corrected chi connectivity index (χ2v) is 15.5. The topological polar surface area (TPSA) is 95.9 Å². The SMILES string of the molecule is CC/C=C/C=C/C=C/C=C\CCCCCCCC(=O)OC(CCCCCCCCC)CC(=O)NC(CO)C(O)CCCCCCCCCCCCCCC. The molecule has 0 aromatic heterocycles. The molecule has 0 aliphatic carbocycles. The summed E-state index contributed by atoms with van der Waals surface area (Å²) in [6, 6.07) is -0.702. The van der Waals surface area contributed by atoms with Gasteiger partial charge in [0.05, 0.1) is 25.2 Å². The maximum absolute atomic E-state index is 13.1. The number of nitrogens with one attached hydrogen (secondary N) is 1. The first kappa shape index (κ1) is 51.8. The minimum Gasteiger partial charge on any atom is -0.462 e. The van der Waals surface area contributed by atoms with Gasteiger partial charge in [0, 0.05) is 6.42 Å². The number of aliphatic hydroxyl groups excluding tert-OH is 2. The first-order valence-corrected chi connectivity index (χ1v) is 22.9. The van der Waals surface area contributed by atoms with Crippen LogP contribution in [0.2, 0.25) is 0 Å². The predicted octanol–water partition coefficient (Wildman–Crippen LogP) is 13.1. The number of carbonyl (C=O) groups excluding carboxylic acids is 2. The van der Waals surface area contributed by atoms with Crippen LogP contribution in [-0.4, -0.2) is 46.9 Å². The van der Waals surface area contributed by atoms with Crippen molar-refractivity contribution in [3.05, 3.63) is 48.6 Å². The Kier molecular flexibility index (Phi) is 40.3. The fourth-order valence-electron chi connectivity index (χ4n) is 6.79. The van der Waals surface area contributed by atoms with Crippen LogP contribution in [0.4, 0.5) is 0 Å². The van der Waals surface area contributed by atoms with Crippen LogP contribution < -0.4 is 5.32 Å². The summed E-state index contributed by atoms with van der Waals surface area (Å²) in [5, 5.41) is 23.6. The van der Waals surface area contributed by atoms with Crippen LogP contribution in [0, 0.1) is 0 Å². The van der Waals surface area contributed by atoms with Crippen molar-refractivity contribution in [3.8, 4) is 0 Å². The molecule has 314 valence electrons. The molecule has 0 aromatic rings.